The molecule has 12 heavy (non-hydrogen) atoms. The molecule has 0 aliphatic heterocycles. The van der Waals surface area contributed by atoms with Gasteiger partial charge in [-0.1, -0.05) is 0 Å². The second-order valence-corrected chi connectivity index (χ2v) is 3.77. The summed E-state index contributed by atoms with van der Waals surface area (Å²) in [6.07, 6.45) is -0.394. The molecule has 0 amide bonds. The summed E-state index contributed by atoms with van der Waals surface area (Å²) in [7, 11) is 0. The molecule has 0 saturated carbocycles. The van der Waals surface area contributed by atoms with E-state index in [1.807, 2.05) is 6.92 Å². The predicted molar refractivity (Wildman–Crippen MR) is 50.3 cm³/mol. The fourth-order valence-corrected chi connectivity index (χ4v) is 2.21. The third-order valence-corrected chi connectivity index (χ3v) is 3.02. The first kappa shape index (κ1) is 9.64. The second-order valence-electron chi connectivity index (χ2n) is 2.88. The van der Waals surface area contributed by atoms with Crippen LogP contribution in [0.15, 0.2) is 5.51 Å². The average molecular weight is 186 g/mol. The lowest BCUT2D eigenvalue weighted by Crippen LogP contribution is -2.23. The zero-order chi connectivity index (χ0) is 9.14. The molecule has 0 saturated heterocycles. The lowest BCUT2D eigenvalue weighted by molar-refractivity contribution is 0.165. The van der Waals surface area contributed by atoms with Gasteiger partial charge in [0, 0.05) is 17.3 Å². The van der Waals surface area contributed by atoms with Gasteiger partial charge in [0.1, 0.15) is 0 Å². The van der Waals surface area contributed by atoms with Crippen LogP contribution in [0.4, 0.5) is 0 Å². The van der Waals surface area contributed by atoms with Crippen molar-refractivity contribution in [2.75, 3.05) is 6.54 Å². The van der Waals surface area contributed by atoms with Crippen molar-refractivity contribution in [2.45, 2.75) is 25.9 Å². The smallest absolute Gasteiger partial charge is 0.0797 e. The summed E-state index contributed by atoms with van der Waals surface area (Å²) in [5, 5.41) is 9.41. The third kappa shape index (κ3) is 1.83. The molecule has 0 aromatic carbocycles. The highest BCUT2D eigenvalue weighted by molar-refractivity contribution is 7.09. The standard InChI is InChI=1S/C8H14N2OS/c1-5-8(12-4-10-5)7(3-9)6(2)11/h4,6-7,11H,3,9H2,1-2H3. The van der Waals surface area contributed by atoms with Crippen LogP contribution in [0.25, 0.3) is 0 Å². The molecule has 4 heteroatoms. The van der Waals surface area contributed by atoms with E-state index in [-0.39, 0.29) is 5.92 Å². The van der Waals surface area contributed by atoms with Gasteiger partial charge < -0.3 is 10.8 Å². The molecule has 0 aliphatic rings. The summed E-state index contributed by atoms with van der Waals surface area (Å²) in [6, 6.07) is 0. The minimum atomic E-state index is -0.394. The summed E-state index contributed by atoms with van der Waals surface area (Å²) in [5.74, 6) is 0.0394. The Morgan fingerprint density at radius 3 is 2.75 bits per heavy atom. The summed E-state index contributed by atoms with van der Waals surface area (Å²) in [6.45, 7) is 4.17. The van der Waals surface area contributed by atoms with Crippen molar-refractivity contribution in [2.24, 2.45) is 5.73 Å². The molecule has 0 spiro atoms. The maximum absolute atomic E-state index is 9.41. The molecule has 1 heterocycles. The number of nitrogens with zero attached hydrogens (tertiary/aromatic N) is 1. The normalized spacial score (nSPS) is 16.0. The van der Waals surface area contributed by atoms with Gasteiger partial charge in [0.15, 0.2) is 0 Å². The average Bonchev–Trinajstić information content (AvgIpc) is 2.38. The van der Waals surface area contributed by atoms with E-state index in [1.54, 1.807) is 23.8 Å². The Kier molecular flexibility index (Phi) is 3.20. The molecular weight excluding hydrogens is 172 g/mol. The number of hydrogen-bond acceptors (Lipinski definition) is 4. The van der Waals surface area contributed by atoms with Crippen LogP contribution in [0.3, 0.4) is 0 Å². The molecule has 68 valence electrons. The van der Waals surface area contributed by atoms with Crippen LogP contribution in [-0.2, 0) is 0 Å². The summed E-state index contributed by atoms with van der Waals surface area (Å²) in [5.41, 5.74) is 8.32. The monoisotopic (exact) mass is 186 g/mol. The molecule has 3 nitrogen and oxygen atoms in total. The van der Waals surface area contributed by atoms with Crippen molar-refractivity contribution < 1.29 is 5.11 Å². The van der Waals surface area contributed by atoms with Crippen LogP contribution >= 0.6 is 11.3 Å². The van der Waals surface area contributed by atoms with Crippen molar-refractivity contribution in [3.63, 3.8) is 0 Å². The fraction of sp³-hybridized carbons (Fsp3) is 0.625. The first-order valence-electron chi connectivity index (χ1n) is 3.95. The fourth-order valence-electron chi connectivity index (χ4n) is 1.19. The van der Waals surface area contributed by atoms with Crippen LogP contribution in [-0.4, -0.2) is 22.7 Å². The molecule has 0 radical (unpaired) electrons. The first-order valence-corrected chi connectivity index (χ1v) is 4.83. The quantitative estimate of drug-likeness (QED) is 0.736. The molecule has 1 aromatic rings. The van der Waals surface area contributed by atoms with Crippen LogP contribution < -0.4 is 5.73 Å². The van der Waals surface area contributed by atoms with Gasteiger partial charge in [-0.25, -0.2) is 4.98 Å². The summed E-state index contributed by atoms with van der Waals surface area (Å²) < 4.78 is 0. The van der Waals surface area contributed by atoms with Gasteiger partial charge in [0.2, 0.25) is 0 Å². The Morgan fingerprint density at radius 1 is 1.75 bits per heavy atom. The number of aromatic nitrogens is 1. The van der Waals surface area contributed by atoms with Gasteiger partial charge in [0.05, 0.1) is 17.3 Å². The Labute approximate surface area is 76.3 Å². The lowest BCUT2D eigenvalue weighted by Gasteiger charge is -2.16. The molecular formula is C8H14N2OS. The van der Waals surface area contributed by atoms with Gasteiger partial charge in [-0.2, -0.15) is 0 Å². The molecule has 2 unspecified atom stereocenters. The summed E-state index contributed by atoms with van der Waals surface area (Å²) in [4.78, 5) is 5.22. The van der Waals surface area contributed by atoms with E-state index in [2.05, 4.69) is 4.98 Å². The number of thiazole rings is 1. The van der Waals surface area contributed by atoms with E-state index < -0.39 is 6.10 Å². The lowest BCUT2D eigenvalue weighted by atomic mass is 10.0. The van der Waals surface area contributed by atoms with E-state index in [4.69, 9.17) is 5.73 Å². The number of rotatable bonds is 3. The van der Waals surface area contributed by atoms with E-state index in [9.17, 15) is 5.11 Å². The molecule has 0 fully saturated rings. The first-order chi connectivity index (χ1) is 5.66. The number of aryl methyl sites for hydroxylation is 1. The molecule has 1 aromatic heterocycles. The number of nitrogens with two attached hydrogens (primary N) is 1. The second kappa shape index (κ2) is 3.98. The topological polar surface area (TPSA) is 59.1 Å². The highest BCUT2D eigenvalue weighted by Crippen LogP contribution is 2.25. The van der Waals surface area contributed by atoms with Crippen molar-refractivity contribution in [1.29, 1.82) is 0 Å². The number of hydrogen-bond donors (Lipinski definition) is 2. The molecule has 0 aliphatic carbocycles. The number of aliphatic hydroxyl groups is 1. The van der Waals surface area contributed by atoms with Crippen molar-refractivity contribution in [3.05, 3.63) is 16.1 Å². The van der Waals surface area contributed by atoms with Crippen LogP contribution in [0.5, 0.6) is 0 Å². The number of aliphatic hydroxyl groups excluding tert-OH is 1. The Balaban J connectivity index is 2.87. The van der Waals surface area contributed by atoms with E-state index >= 15 is 0 Å². The maximum Gasteiger partial charge on any atom is 0.0797 e. The molecule has 2 atom stereocenters. The van der Waals surface area contributed by atoms with Gasteiger partial charge in [-0.3, -0.25) is 0 Å². The van der Waals surface area contributed by atoms with Crippen LogP contribution in [0.2, 0.25) is 0 Å². The van der Waals surface area contributed by atoms with Crippen molar-refractivity contribution in [1.82, 2.24) is 4.98 Å². The van der Waals surface area contributed by atoms with Crippen molar-refractivity contribution >= 4 is 11.3 Å². The Bertz CT molecular complexity index is 247. The minimum Gasteiger partial charge on any atom is -0.393 e. The SMILES string of the molecule is Cc1ncsc1C(CN)C(C)O. The summed E-state index contributed by atoms with van der Waals surface area (Å²) >= 11 is 1.56. The Morgan fingerprint density at radius 2 is 2.42 bits per heavy atom. The Hall–Kier alpha value is -0.450. The minimum absolute atomic E-state index is 0.0394. The van der Waals surface area contributed by atoms with E-state index in [1.165, 1.54) is 0 Å². The van der Waals surface area contributed by atoms with Gasteiger partial charge in [-0.05, 0) is 13.8 Å². The third-order valence-electron chi connectivity index (χ3n) is 1.96. The van der Waals surface area contributed by atoms with Gasteiger partial charge >= 0.3 is 0 Å². The van der Waals surface area contributed by atoms with E-state index in [0.717, 1.165) is 10.6 Å². The van der Waals surface area contributed by atoms with Crippen LogP contribution in [0.1, 0.15) is 23.4 Å². The van der Waals surface area contributed by atoms with Crippen molar-refractivity contribution in [3.8, 4) is 0 Å². The maximum atomic E-state index is 9.41. The van der Waals surface area contributed by atoms with E-state index in [0.29, 0.717) is 6.54 Å². The predicted octanol–water partition coefficient (Wildman–Crippen LogP) is 0.875. The van der Waals surface area contributed by atoms with Gasteiger partial charge in [-0.15, -0.1) is 11.3 Å². The highest BCUT2D eigenvalue weighted by Gasteiger charge is 2.19. The van der Waals surface area contributed by atoms with Gasteiger partial charge in [0.25, 0.3) is 0 Å². The highest BCUT2D eigenvalue weighted by atomic mass is 32.1. The molecule has 1 rings (SSSR count). The largest absolute Gasteiger partial charge is 0.393 e. The zero-order valence-corrected chi connectivity index (χ0v) is 8.14. The van der Waals surface area contributed by atoms with Crippen LogP contribution in [0, 0.1) is 6.92 Å². The molecule has 0 bridgehead atoms. The zero-order valence-electron chi connectivity index (χ0n) is 7.32. The molecule has 3 N–H and O–H groups in total.